The number of aromatic amines is 1. The molecule has 0 spiro atoms. The molecule has 1 aromatic heterocycles. The van der Waals surface area contributed by atoms with Gasteiger partial charge in [-0.3, -0.25) is 4.79 Å². The lowest BCUT2D eigenvalue weighted by molar-refractivity contribution is -0.123. The van der Waals surface area contributed by atoms with E-state index in [-0.39, 0.29) is 17.5 Å². The van der Waals surface area contributed by atoms with E-state index < -0.39 is 12.1 Å². The fourth-order valence-corrected chi connectivity index (χ4v) is 2.08. The molecule has 6 nitrogen and oxygen atoms in total. The predicted molar refractivity (Wildman–Crippen MR) is 92.0 cm³/mol. The number of esters is 1. The fourth-order valence-electron chi connectivity index (χ4n) is 2.08. The van der Waals surface area contributed by atoms with Gasteiger partial charge in [-0.15, -0.1) is 0 Å². The van der Waals surface area contributed by atoms with E-state index in [1.807, 2.05) is 38.1 Å². The van der Waals surface area contributed by atoms with E-state index in [1.165, 1.54) is 18.7 Å². The molecule has 0 saturated carbocycles. The maximum atomic E-state index is 12.1. The fraction of sp³-hybridized carbons (Fsp3) is 0.389. The molecule has 24 heavy (non-hydrogen) atoms. The van der Waals surface area contributed by atoms with Crippen LogP contribution in [0.3, 0.4) is 0 Å². The van der Waals surface area contributed by atoms with Crippen LogP contribution in [0.1, 0.15) is 55.5 Å². The number of aryl methyl sites for hydroxylation is 1. The average molecular weight is 329 g/mol. The molecule has 0 saturated heterocycles. The molecule has 0 fully saturated rings. The Labute approximate surface area is 141 Å². The van der Waals surface area contributed by atoms with Crippen LogP contribution in [0.25, 0.3) is 0 Å². The topological polar surface area (TPSA) is 84.1 Å². The van der Waals surface area contributed by atoms with E-state index in [4.69, 9.17) is 4.74 Å². The van der Waals surface area contributed by atoms with Crippen LogP contribution in [0.4, 0.5) is 5.69 Å². The zero-order valence-electron chi connectivity index (χ0n) is 14.4. The van der Waals surface area contributed by atoms with Gasteiger partial charge in [0.05, 0.1) is 6.20 Å². The molecule has 0 aliphatic rings. The Bertz CT molecular complexity index is 705. The van der Waals surface area contributed by atoms with E-state index in [1.54, 1.807) is 0 Å². The number of hydrogen-bond donors (Lipinski definition) is 2. The lowest BCUT2D eigenvalue weighted by Crippen LogP contribution is -2.30. The number of nitrogens with one attached hydrogen (secondary N) is 2. The van der Waals surface area contributed by atoms with E-state index >= 15 is 0 Å². The zero-order chi connectivity index (χ0) is 17.7. The van der Waals surface area contributed by atoms with Gasteiger partial charge in [0.2, 0.25) is 0 Å². The number of amides is 1. The molecule has 1 heterocycles. The van der Waals surface area contributed by atoms with Crippen LogP contribution >= 0.6 is 0 Å². The van der Waals surface area contributed by atoms with E-state index in [0.717, 1.165) is 6.42 Å². The number of benzene rings is 1. The Morgan fingerprint density at radius 1 is 1.21 bits per heavy atom. The van der Waals surface area contributed by atoms with E-state index in [2.05, 4.69) is 22.2 Å². The van der Waals surface area contributed by atoms with Crippen molar-refractivity contribution in [2.24, 2.45) is 0 Å². The average Bonchev–Trinajstić information content (AvgIpc) is 3.06. The Hall–Kier alpha value is -2.63. The van der Waals surface area contributed by atoms with E-state index in [0.29, 0.717) is 11.5 Å². The third kappa shape index (κ3) is 4.44. The number of ether oxygens (including phenoxy) is 1. The van der Waals surface area contributed by atoms with Crippen molar-refractivity contribution in [3.05, 3.63) is 47.5 Å². The van der Waals surface area contributed by atoms with Crippen molar-refractivity contribution in [2.75, 3.05) is 5.32 Å². The van der Waals surface area contributed by atoms with Crippen LogP contribution in [-0.4, -0.2) is 27.9 Å². The first kappa shape index (κ1) is 17.7. The largest absolute Gasteiger partial charge is 0.448 e. The number of rotatable bonds is 6. The molecule has 2 N–H and O–H groups in total. The Kier molecular flexibility index (Phi) is 5.73. The maximum absolute atomic E-state index is 12.1. The van der Waals surface area contributed by atoms with Crippen molar-refractivity contribution >= 4 is 17.6 Å². The second kappa shape index (κ2) is 7.77. The maximum Gasteiger partial charge on any atom is 0.357 e. The number of H-pyrrole nitrogens is 1. The second-order valence-electron chi connectivity index (χ2n) is 5.92. The Balaban J connectivity index is 1.93. The first-order valence-electron chi connectivity index (χ1n) is 8.06. The molecule has 2 aromatic rings. The quantitative estimate of drug-likeness (QED) is 0.797. The molecule has 0 aliphatic heterocycles. The number of carbonyl (C=O) groups excluding carboxylic acids is 2. The van der Waals surface area contributed by atoms with Crippen molar-refractivity contribution in [3.8, 4) is 0 Å². The number of anilines is 1. The zero-order valence-corrected chi connectivity index (χ0v) is 14.4. The molecular weight excluding hydrogens is 306 g/mol. The third-order valence-electron chi connectivity index (χ3n) is 3.65. The lowest BCUT2D eigenvalue weighted by atomic mass is 10.1. The first-order chi connectivity index (χ1) is 11.4. The van der Waals surface area contributed by atoms with Crippen molar-refractivity contribution < 1.29 is 14.3 Å². The number of carbonyl (C=O) groups is 2. The van der Waals surface area contributed by atoms with Gasteiger partial charge in [-0.25, -0.2) is 9.78 Å². The molecule has 0 bridgehead atoms. The molecular formula is C18H23N3O3. The number of imidazole rings is 1. The highest BCUT2D eigenvalue weighted by molar-refractivity contribution is 5.96. The van der Waals surface area contributed by atoms with Crippen LogP contribution < -0.4 is 5.32 Å². The minimum Gasteiger partial charge on any atom is -0.448 e. The summed E-state index contributed by atoms with van der Waals surface area (Å²) in [4.78, 5) is 31.2. The smallest absolute Gasteiger partial charge is 0.357 e. The van der Waals surface area contributed by atoms with Gasteiger partial charge < -0.3 is 15.0 Å². The van der Waals surface area contributed by atoms with Crippen LogP contribution in [-0.2, 0) is 16.0 Å². The van der Waals surface area contributed by atoms with Crippen molar-refractivity contribution in [1.82, 2.24) is 9.97 Å². The predicted octanol–water partition coefficient (Wildman–Crippen LogP) is 3.28. The summed E-state index contributed by atoms with van der Waals surface area (Å²) in [6.45, 7) is 7.53. The van der Waals surface area contributed by atoms with Crippen LogP contribution in [0.2, 0.25) is 0 Å². The monoisotopic (exact) mass is 329 g/mol. The highest BCUT2D eigenvalue weighted by atomic mass is 16.5. The molecule has 0 unspecified atom stereocenters. The second-order valence-corrected chi connectivity index (χ2v) is 5.92. The van der Waals surface area contributed by atoms with Crippen LogP contribution in [0.5, 0.6) is 0 Å². The van der Waals surface area contributed by atoms with Gasteiger partial charge >= 0.3 is 5.97 Å². The van der Waals surface area contributed by atoms with Gasteiger partial charge in [-0.2, -0.15) is 0 Å². The van der Waals surface area contributed by atoms with Crippen molar-refractivity contribution in [1.29, 1.82) is 0 Å². The summed E-state index contributed by atoms with van der Waals surface area (Å²) in [5, 5.41) is 2.73. The number of aromatic nitrogens is 2. The normalized spacial score (nSPS) is 12.0. The summed E-state index contributed by atoms with van der Waals surface area (Å²) >= 11 is 0. The van der Waals surface area contributed by atoms with Crippen LogP contribution in [0.15, 0.2) is 30.5 Å². The molecule has 128 valence electrons. The molecule has 0 radical (unpaired) electrons. The van der Waals surface area contributed by atoms with Crippen molar-refractivity contribution in [2.45, 2.75) is 46.1 Å². The van der Waals surface area contributed by atoms with Crippen molar-refractivity contribution in [3.63, 3.8) is 0 Å². The highest BCUT2D eigenvalue weighted by Crippen LogP contribution is 2.13. The summed E-state index contributed by atoms with van der Waals surface area (Å²) in [6, 6.07) is 7.55. The first-order valence-corrected chi connectivity index (χ1v) is 8.06. The molecule has 1 amide bonds. The van der Waals surface area contributed by atoms with Gasteiger partial charge in [-0.1, -0.05) is 32.9 Å². The summed E-state index contributed by atoms with van der Waals surface area (Å²) in [6.07, 6.45) is 1.45. The van der Waals surface area contributed by atoms with Gasteiger partial charge in [-0.05, 0) is 31.0 Å². The molecule has 6 heteroatoms. The van der Waals surface area contributed by atoms with Gasteiger partial charge in [0, 0.05) is 11.6 Å². The lowest BCUT2D eigenvalue weighted by Gasteiger charge is -2.13. The molecule has 0 aliphatic carbocycles. The Morgan fingerprint density at radius 2 is 1.88 bits per heavy atom. The summed E-state index contributed by atoms with van der Waals surface area (Å²) in [5.41, 5.74) is 2.10. The SMILES string of the molecule is CCc1ccc(NC(=O)[C@H](C)OC(=O)c2cnc(C(C)C)[nH]2)cc1. The van der Waals surface area contributed by atoms with Gasteiger partial charge in [0.1, 0.15) is 11.5 Å². The molecule has 2 rings (SSSR count). The van der Waals surface area contributed by atoms with Crippen LogP contribution in [0, 0.1) is 0 Å². The minimum absolute atomic E-state index is 0.179. The molecule has 1 atom stereocenters. The number of nitrogens with zero attached hydrogens (tertiary/aromatic N) is 1. The van der Waals surface area contributed by atoms with Gasteiger partial charge in [0.15, 0.2) is 6.10 Å². The Morgan fingerprint density at radius 3 is 2.42 bits per heavy atom. The minimum atomic E-state index is -0.908. The summed E-state index contributed by atoms with van der Waals surface area (Å²) in [7, 11) is 0. The molecule has 1 aromatic carbocycles. The van der Waals surface area contributed by atoms with E-state index in [9.17, 15) is 9.59 Å². The standard InChI is InChI=1S/C18H23N3O3/c1-5-13-6-8-14(9-7-13)20-17(22)12(4)24-18(23)15-10-19-16(21-15)11(2)3/h6-12H,5H2,1-4H3,(H,19,21)(H,20,22)/t12-/m0/s1. The third-order valence-corrected chi connectivity index (χ3v) is 3.65. The number of hydrogen-bond acceptors (Lipinski definition) is 4. The highest BCUT2D eigenvalue weighted by Gasteiger charge is 2.20. The summed E-state index contributed by atoms with van der Waals surface area (Å²) in [5.74, 6) is -0.0944. The van der Waals surface area contributed by atoms with Gasteiger partial charge in [0.25, 0.3) is 5.91 Å². The summed E-state index contributed by atoms with van der Waals surface area (Å²) < 4.78 is 5.19.